The highest BCUT2D eigenvalue weighted by Gasteiger charge is 2.28. The summed E-state index contributed by atoms with van der Waals surface area (Å²) in [5.41, 5.74) is 0.918. The van der Waals surface area contributed by atoms with Crippen LogP contribution < -0.4 is 0 Å². The van der Waals surface area contributed by atoms with Gasteiger partial charge < -0.3 is 0 Å². The lowest BCUT2D eigenvalue weighted by molar-refractivity contribution is 0.464. The van der Waals surface area contributed by atoms with Gasteiger partial charge in [-0.2, -0.15) is 16.8 Å². The molecule has 114 valence electrons. The van der Waals surface area contributed by atoms with Crippen molar-refractivity contribution >= 4 is 20.2 Å². The second-order valence-corrected chi connectivity index (χ2v) is 7.23. The highest BCUT2D eigenvalue weighted by molar-refractivity contribution is 7.89. The fraction of sp³-hybridized carbons (Fsp3) is 0.500. The molecule has 0 bridgehead atoms. The summed E-state index contributed by atoms with van der Waals surface area (Å²) in [6, 6.07) is 2.49. The SMILES string of the molecule is CCCc1ccc(S(=O)(=O)O)c(S(=O)(=O)O)c1CCC. The number of aryl methyl sites for hydroxylation is 1. The normalized spacial score (nSPS) is 12.6. The van der Waals surface area contributed by atoms with Crippen molar-refractivity contribution in [1.82, 2.24) is 0 Å². The third kappa shape index (κ3) is 3.78. The average Bonchev–Trinajstić information content (AvgIpc) is 2.28. The van der Waals surface area contributed by atoms with Crippen LogP contribution in [0.15, 0.2) is 21.9 Å². The van der Waals surface area contributed by atoms with Gasteiger partial charge in [0, 0.05) is 0 Å². The highest BCUT2D eigenvalue weighted by Crippen LogP contribution is 2.29. The minimum atomic E-state index is -4.75. The van der Waals surface area contributed by atoms with Gasteiger partial charge in [0.05, 0.1) is 0 Å². The summed E-state index contributed by atoms with van der Waals surface area (Å²) in [6.07, 6.45) is 2.18. The van der Waals surface area contributed by atoms with Crippen LogP contribution in [0.4, 0.5) is 0 Å². The average molecular weight is 322 g/mol. The Morgan fingerprint density at radius 3 is 1.85 bits per heavy atom. The quantitative estimate of drug-likeness (QED) is 0.776. The van der Waals surface area contributed by atoms with E-state index in [2.05, 4.69) is 0 Å². The van der Waals surface area contributed by atoms with E-state index in [0.717, 1.165) is 12.5 Å². The van der Waals surface area contributed by atoms with Gasteiger partial charge in [-0.3, -0.25) is 9.11 Å². The molecule has 1 aromatic carbocycles. The maximum atomic E-state index is 11.5. The number of benzene rings is 1. The molecule has 0 radical (unpaired) electrons. The first kappa shape index (κ1) is 17.1. The van der Waals surface area contributed by atoms with Crippen molar-refractivity contribution in [2.24, 2.45) is 0 Å². The van der Waals surface area contributed by atoms with E-state index < -0.39 is 30.0 Å². The zero-order chi connectivity index (χ0) is 15.6. The zero-order valence-electron chi connectivity index (χ0n) is 11.3. The lowest BCUT2D eigenvalue weighted by atomic mass is 9.99. The Labute approximate surface area is 119 Å². The lowest BCUT2D eigenvalue weighted by Gasteiger charge is -2.15. The molecule has 6 nitrogen and oxygen atoms in total. The summed E-state index contributed by atoms with van der Waals surface area (Å²) < 4.78 is 64.2. The van der Waals surface area contributed by atoms with Gasteiger partial charge in [0.15, 0.2) is 0 Å². The standard InChI is InChI=1S/C12H18O6S2/c1-3-5-9-7-8-11(19(13,14)15)12(20(16,17)18)10(9)6-4-2/h7-8H,3-6H2,1-2H3,(H,13,14,15)(H,16,17,18). The Bertz CT molecular complexity index is 689. The van der Waals surface area contributed by atoms with Crippen molar-refractivity contribution < 1.29 is 25.9 Å². The van der Waals surface area contributed by atoms with E-state index in [1.54, 1.807) is 0 Å². The van der Waals surface area contributed by atoms with Crippen LogP contribution in [0.1, 0.15) is 37.8 Å². The van der Waals surface area contributed by atoms with Gasteiger partial charge in [-0.25, -0.2) is 0 Å². The van der Waals surface area contributed by atoms with Crippen LogP contribution in [0, 0.1) is 0 Å². The molecule has 1 rings (SSSR count). The van der Waals surface area contributed by atoms with Crippen LogP contribution in [0.25, 0.3) is 0 Å². The molecule has 0 heterocycles. The maximum absolute atomic E-state index is 11.5. The topological polar surface area (TPSA) is 109 Å². The van der Waals surface area contributed by atoms with Crippen molar-refractivity contribution in [1.29, 1.82) is 0 Å². The van der Waals surface area contributed by atoms with E-state index >= 15 is 0 Å². The van der Waals surface area contributed by atoms with Crippen molar-refractivity contribution in [3.8, 4) is 0 Å². The molecule has 2 N–H and O–H groups in total. The molecule has 0 aliphatic heterocycles. The maximum Gasteiger partial charge on any atom is 0.296 e. The third-order valence-corrected chi connectivity index (χ3v) is 4.88. The first-order chi connectivity index (χ1) is 9.12. The smallest absolute Gasteiger partial charge is 0.282 e. The molecule has 0 fully saturated rings. The van der Waals surface area contributed by atoms with Crippen LogP contribution in [-0.2, 0) is 33.1 Å². The van der Waals surface area contributed by atoms with Crippen molar-refractivity contribution in [2.45, 2.75) is 49.3 Å². The van der Waals surface area contributed by atoms with Gasteiger partial charge >= 0.3 is 0 Å². The van der Waals surface area contributed by atoms with Crippen molar-refractivity contribution in [2.75, 3.05) is 0 Å². The molecule has 1 aromatic rings. The van der Waals surface area contributed by atoms with Crippen molar-refractivity contribution in [3.05, 3.63) is 23.3 Å². The van der Waals surface area contributed by atoms with Gasteiger partial charge in [0.2, 0.25) is 0 Å². The largest absolute Gasteiger partial charge is 0.296 e. The van der Waals surface area contributed by atoms with E-state index in [1.807, 2.05) is 13.8 Å². The Hall–Kier alpha value is -0.960. The second-order valence-electron chi connectivity index (χ2n) is 4.48. The summed E-state index contributed by atoms with van der Waals surface area (Å²) in [6.45, 7) is 3.71. The van der Waals surface area contributed by atoms with Crippen molar-refractivity contribution in [3.63, 3.8) is 0 Å². The van der Waals surface area contributed by atoms with E-state index in [4.69, 9.17) is 4.55 Å². The summed E-state index contributed by atoms with van der Waals surface area (Å²) in [4.78, 5) is -1.48. The first-order valence-electron chi connectivity index (χ1n) is 6.22. The Morgan fingerprint density at radius 1 is 0.900 bits per heavy atom. The molecule has 0 aromatic heterocycles. The number of hydrogen-bond acceptors (Lipinski definition) is 4. The predicted molar refractivity (Wildman–Crippen MR) is 74.1 cm³/mol. The predicted octanol–water partition coefficient (Wildman–Crippen LogP) is 2.08. The molecular formula is C12H18O6S2. The monoisotopic (exact) mass is 322 g/mol. The van der Waals surface area contributed by atoms with Gasteiger partial charge in [0.25, 0.3) is 20.2 Å². The third-order valence-electron chi connectivity index (χ3n) is 2.88. The fourth-order valence-electron chi connectivity index (χ4n) is 2.16. The lowest BCUT2D eigenvalue weighted by Crippen LogP contribution is -2.13. The van der Waals surface area contributed by atoms with E-state index in [1.165, 1.54) is 6.07 Å². The molecule has 0 unspecified atom stereocenters. The molecular weight excluding hydrogens is 304 g/mol. The van der Waals surface area contributed by atoms with Crippen LogP contribution in [0.5, 0.6) is 0 Å². The van der Waals surface area contributed by atoms with E-state index in [0.29, 0.717) is 24.8 Å². The molecule has 0 amide bonds. The van der Waals surface area contributed by atoms with Gasteiger partial charge in [-0.05, 0) is 30.0 Å². The number of rotatable bonds is 6. The van der Waals surface area contributed by atoms with Crippen LogP contribution >= 0.6 is 0 Å². The summed E-state index contributed by atoms with van der Waals surface area (Å²) in [5, 5.41) is 0. The Balaban J connectivity index is 3.80. The van der Waals surface area contributed by atoms with Crippen LogP contribution in [0.2, 0.25) is 0 Å². The van der Waals surface area contributed by atoms with Crippen LogP contribution in [0.3, 0.4) is 0 Å². The number of hydrogen-bond donors (Lipinski definition) is 2. The summed E-state index contributed by atoms with van der Waals surface area (Å²) in [5.74, 6) is 0. The molecule has 0 spiro atoms. The molecule has 0 aliphatic rings. The van der Waals surface area contributed by atoms with Crippen LogP contribution in [-0.4, -0.2) is 25.9 Å². The summed E-state index contributed by atoms with van der Waals surface area (Å²) >= 11 is 0. The van der Waals surface area contributed by atoms with E-state index in [9.17, 15) is 21.4 Å². The molecule has 0 atom stereocenters. The first-order valence-corrected chi connectivity index (χ1v) is 9.10. The van der Waals surface area contributed by atoms with Gasteiger partial charge in [0.1, 0.15) is 9.79 Å². The minimum absolute atomic E-state index is 0.256. The fourth-order valence-corrected chi connectivity index (χ4v) is 4.26. The Morgan fingerprint density at radius 2 is 1.45 bits per heavy atom. The minimum Gasteiger partial charge on any atom is -0.282 e. The van der Waals surface area contributed by atoms with Gasteiger partial charge in [-0.1, -0.05) is 32.8 Å². The summed E-state index contributed by atoms with van der Waals surface area (Å²) in [7, 11) is -9.48. The van der Waals surface area contributed by atoms with E-state index in [-0.39, 0.29) is 5.56 Å². The highest BCUT2D eigenvalue weighted by atomic mass is 32.2. The molecule has 0 saturated heterocycles. The second kappa shape index (κ2) is 6.21. The molecule has 20 heavy (non-hydrogen) atoms. The molecule has 0 saturated carbocycles. The Kier molecular flexibility index (Phi) is 5.31. The molecule has 0 aliphatic carbocycles. The zero-order valence-corrected chi connectivity index (χ0v) is 13.0. The molecule has 8 heteroatoms. The van der Waals surface area contributed by atoms with Gasteiger partial charge in [-0.15, -0.1) is 0 Å².